The van der Waals surface area contributed by atoms with E-state index in [1.807, 2.05) is 29.1 Å². The number of para-hydroxylation sites is 1. The zero-order valence-electron chi connectivity index (χ0n) is 11.4. The minimum atomic E-state index is 0.0534. The van der Waals surface area contributed by atoms with Crippen molar-refractivity contribution in [3.63, 3.8) is 0 Å². The number of nitrogens with zero attached hydrogens (tertiary/aromatic N) is 2. The highest BCUT2D eigenvalue weighted by Gasteiger charge is 2.37. The number of benzene rings is 1. The third-order valence-electron chi connectivity index (χ3n) is 4.49. The summed E-state index contributed by atoms with van der Waals surface area (Å²) in [6, 6.07) is 12.3. The number of hydrogen-bond acceptors (Lipinski definition) is 2. The van der Waals surface area contributed by atoms with Gasteiger partial charge in [-0.05, 0) is 36.5 Å². The highest BCUT2D eigenvalue weighted by molar-refractivity contribution is 5.33. The van der Waals surface area contributed by atoms with E-state index in [2.05, 4.69) is 30.2 Å². The largest absolute Gasteiger partial charge is 0.322 e. The van der Waals surface area contributed by atoms with E-state index in [4.69, 9.17) is 5.73 Å². The first kappa shape index (κ1) is 12.4. The van der Waals surface area contributed by atoms with Gasteiger partial charge in [0.2, 0.25) is 0 Å². The molecule has 1 aromatic carbocycles. The molecule has 1 aliphatic rings. The second kappa shape index (κ2) is 4.82. The molecule has 0 radical (unpaired) electrons. The Bertz CT molecular complexity index is 538. The van der Waals surface area contributed by atoms with Gasteiger partial charge in [-0.2, -0.15) is 5.10 Å². The molecule has 2 N–H and O–H groups in total. The van der Waals surface area contributed by atoms with Gasteiger partial charge in [0.15, 0.2) is 0 Å². The van der Waals surface area contributed by atoms with Gasteiger partial charge in [-0.3, -0.25) is 0 Å². The van der Waals surface area contributed by atoms with E-state index in [0.717, 1.165) is 11.4 Å². The highest BCUT2D eigenvalue weighted by Crippen LogP contribution is 2.46. The van der Waals surface area contributed by atoms with Crippen LogP contribution in [0.1, 0.15) is 44.3 Å². The highest BCUT2D eigenvalue weighted by atomic mass is 15.3. The molecule has 3 heteroatoms. The predicted octanol–water partition coefficient (Wildman–Crippen LogP) is 3.45. The predicted molar refractivity (Wildman–Crippen MR) is 77.1 cm³/mol. The molecule has 0 amide bonds. The lowest BCUT2D eigenvalue weighted by atomic mass is 9.79. The molecule has 1 atom stereocenters. The van der Waals surface area contributed by atoms with Gasteiger partial charge in [-0.1, -0.05) is 38.0 Å². The summed E-state index contributed by atoms with van der Waals surface area (Å²) < 4.78 is 1.98. The average Bonchev–Trinajstić information content (AvgIpc) is 3.08. The molecule has 1 aromatic heterocycles. The molecular weight excluding hydrogens is 234 g/mol. The van der Waals surface area contributed by atoms with Gasteiger partial charge >= 0.3 is 0 Å². The smallest absolute Gasteiger partial charge is 0.0649 e. The average molecular weight is 255 g/mol. The Balaban J connectivity index is 1.96. The summed E-state index contributed by atoms with van der Waals surface area (Å²) in [5.74, 6) is 0. The number of aromatic nitrogens is 2. The van der Waals surface area contributed by atoms with E-state index in [0.29, 0.717) is 0 Å². The number of rotatable bonds is 3. The normalized spacial score (nSPS) is 19.5. The standard InChI is InChI=1S/C16H21N3/c1-16(10-5-6-11-16)15(17)14-9-12-18-19(14)13-7-3-2-4-8-13/h2-4,7-9,12,15H,5-6,10-11,17H2,1H3. The molecular formula is C16H21N3. The molecule has 3 nitrogen and oxygen atoms in total. The summed E-state index contributed by atoms with van der Waals surface area (Å²) in [7, 11) is 0. The van der Waals surface area contributed by atoms with Crippen molar-refractivity contribution in [1.82, 2.24) is 9.78 Å². The van der Waals surface area contributed by atoms with Crippen LogP contribution in [0.2, 0.25) is 0 Å². The van der Waals surface area contributed by atoms with Crippen LogP contribution in [0.5, 0.6) is 0 Å². The lowest BCUT2D eigenvalue weighted by Gasteiger charge is -2.31. The van der Waals surface area contributed by atoms with Crippen molar-refractivity contribution in [2.24, 2.45) is 11.1 Å². The second-order valence-electron chi connectivity index (χ2n) is 5.84. The molecule has 3 rings (SSSR count). The molecule has 0 bridgehead atoms. The third-order valence-corrected chi connectivity index (χ3v) is 4.49. The molecule has 1 saturated carbocycles. The fourth-order valence-electron chi connectivity index (χ4n) is 3.18. The van der Waals surface area contributed by atoms with Crippen LogP contribution < -0.4 is 5.73 Å². The van der Waals surface area contributed by atoms with Gasteiger partial charge in [0.1, 0.15) is 0 Å². The van der Waals surface area contributed by atoms with Gasteiger partial charge in [-0.25, -0.2) is 4.68 Å². The molecule has 1 aliphatic carbocycles. The van der Waals surface area contributed by atoms with Crippen molar-refractivity contribution in [3.8, 4) is 5.69 Å². The molecule has 0 saturated heterocycles. The van der Waals surface area contributed by atoms with Gasteiger partial charge < -0.3 is 5.73 Å². The first-order chi connectivity index (χ1) is 9.21. The van der Waals surface area contributed by atoms with E-state index >= 15 is 0 Å². The summed E-state index contributed by atoms with van der Waals surface area (Å²) in [5, 5.41) is 4.45. The van der Waals surface area contributed by atoms with Crippen LogP contribution >= 0.6 is 0 Å². The molecule has 0 aliphatic heterocycles. The summed E-state index contributed by atoms with van der Waals surface area (Å²) in [5.41, 5.74) is 8.97. The number of hydrogen-bond donors (Lipinski definition) is 1. The molecule has 2 aromatic rings. The van der Waals surface area contributed by atoms with Crippen molar-refractivity contribution >= 4 is 0 Å². The fourth-order valence-corrected chi connectivity index (χ4v) is 3.18. The van der Waals surface area contributed by atoms with Crippen LogP contribution in [-0.2, 0) is 0 Å². The Morgan fingerprint density at radius 1 is 1.16 bits per heavy atom. The molecule has 1 fully saturated rings. The lowest BCUT2D eigenvalue weighted by Crippen LogP contribution is -2.31. The molecule has 19 heavy (non-hydrogen) atoms. The van der Waals surface area contributed by atoms with Crippen LogP contribution in [0, 0.1) is 5.41 Å². The van der Waals surface area contributed by atoms with Crippen molar-refractivity contribution in [2.45, 2.75) is 38.6 Å². The maximum absolute atomic E-state index is 6.56. The minimum Gasteiger partial charge on any atom is -0.322 e. The van der Waals surface area contributed by atoms with E-state index in [-0.39, 0.29) is 11.5 Å². The summed E-state index contributed by atoms with van der Waals surface area (Å²) in [4.78, 5) is 0. The Morgan fingerprint density at radius 2 is 1.84 bits per heavy atom. The monoisotopic (exact) mass is 255 g/mol. The van der Waals surface area contributed by atoms with Crippen molar-refractivity contribution < 1.29 is 0 Å². The van der Waals surface area contributed by atoms with E-state index in [9.17, 15) is 0 Å². The molecule has 1 unspecified atom stereocenters. The second-order valence-corrected chi connectivity index (χ2v) is 5.84. The van der Waals surface area contributed by atoms with Crippen molar-refractivity contribution in [2.75, 3.05) is 0 Å². The Kier molecular flexibility index (Phi) is 3.15. The third kappa shape index (κ3) is 2.19. The summed E-state index contributed by atoms with van der Waals surface area (Å²) in [6.07, 6.45) is 6.87. The maximum atomic E-state index is 6.56. The first-order valence-corrected chi connectivity index (χ1v) is 7.06. The quantitative estimate of drug-likeness (QED) is 0.912. The Labute approximate surface area is 114 Å². The van der Waals surface area contributed by atoms with Crippen LogP contribution in [0.3, 0.4) is 0 Å². The van der Waals surface area contributed by atoms with Gasteiger partial charge in [0.25, 0.3) is 0 Å². The van der Waals surface area contributed by atoms with Crippen molar-refractivity contribution in [3.05, 3.63) is 48.3 Å². The topological polar surface area (TPSA) is 43.8 Å². The van der Waals surface area contributed by atoms with E-state index in [1.54, 1.807) is 0 Å². The molecule has 100 valence electrons. The first-order valence-electron chi connectivity index (χ1n) is 7.06. The molecule has 1 heterocycles. The Morgan fingerprint density at radius 3 is 2.53 bits per heavy atom. The van der Waals surface area contributed by atoms with Crippen LogP contribution in [0.4, 0.5) is 0 Å². The minimum absolute atomic E-state index is 0.0534. The zero-order chi connectivity index (χ0) is 13.3. The van der Waals surface area contributed by atoms with Gasteiger partial charge in [-0.15, -0.1) is 0 Å². The van der Waals surface area contributed by atoms with E-state index in [1.165, 1.54) is 25.7 Å². The summed E-state index contributed by atoms with van der Waals surface area (Å²) >= 11 is 0. The lowest BCUT2D eigenvalue weighted by molar-refractivity contribution is 0.258. The fraction of sp³-hybridized carbons (Fsp3) is 0.438. The van der Waals surface area contributed by atoms with Gasteiger partial charge in [0.05, 0.1) is 17.4 Å². The number of nitrogens with two attached hydrogens (primary N) is 1. The van der Waals surface area contributed by atoms with Crippen LogP contribution in [-0.4, -0.2) is 9.78 Å². The van der Waals surface area contributed by atoms with Crippen LogP contribution in [0.15, 0.2) is 42.6 Å². The maximum Gasteiger partial charge on any atom is 0.0649 e. The molecule has 0 spiro atoms. The van der Waals surface area contributed by atoms with E-state index < -0.39 is 0 Å². The Hall–Kier alpha value is -1.61. The van der Waals surface area contributed by atoms with Crippen LogP contribution in [0.25, 0.3) is 5.69 Å². The SMILES string of the molecule is CC1(C(N)c2ccnn2-c2ccccc2)CCCC1. The van der Waals surface area contributed by atoms with Crippen molar-refractivity contribution in [1.29, 1.82) is 0 Å². The van der Waals surface area contributed by atoms with Gasteiger partial charge in [0, 0.05) is 6.20 Å². The summed E-state index contributed by atoms with van der Waals surface area (Å²) in [6.45, 7) is 2.31. The zero-order valence-corrected chi connectivity index (χ0v) is 11.4.